The molecule has 4 rings (SSSR count). The Morgan fingerprint density at radius 1 is 0.818 bits per heavy atom. The fraction of sp³-hybridized carbons (Fsp3) is 0.138. The standard InChI is InChI=1S/C29H27NO2S/c1-2-32-27-19-18-24(20-25(27)21-33-26-16-10-5-11-17-26)29(31)30-28(22-12-6-3-7-13-22)23-14-8-4-9-15-23/h3-20,28H,2,21H2,1H3,(H,30,31). The molecule has 0 atom stereocenters. The Balaban J connectivity index is 1.58. The Morgan fingerprint density at radius 3 is 1.97 bits per heavy atom. The zero-order valence-corrected chi connectivity index (χ0v) is 19.4. The van der Waals surface area contributed by atoms with E-state index in [4.69, 9.17) is 4.74 Å². The summed E-state index contributed by atoms with van der Waals surface area (Å²) >= 11 is 1.73. The summed E-state index contributed by atoms with van der Waals surface area (Å²) in [5.41, 5.74) is 3.72. The fourth-order valence-corrected chi connectivity index (χ4v) is 4.57. The van der Waals surface area contributed by atoms with E-state index in [-0.39, 0.29) is 11.9 Å². The fourth-order valence-electron chi connectivity index (χ4n) is 3.67. The monoisotopic (exact) mass is 453 g/mol. The van der Waals surface area contributed by atoms with Gasteiger partial charge in [0.05, 0.1) is 12.6 Å². The first kappa shape index (κ1) is 22.7. The maximum Gasteiger partial charge on any atom is 0.252 e. The molecule has 0 fully saturated rings. The summed E-state index contributed by atoms with van der Waals surface area (Å²) in [7, 11) is 0. The second kappa shape index (κ2) is 11.4. The van der Waals surface area contributed by atoms with Gasteiger partial charge in [-0.1, -0.05) is 78.9 Å². The minimum absolute atomic E-state index is 0.110. The molecule has 0 bridgehead atoms. The number of hydrogen-bond acceptors (Lipinski definition) is 3. The second-order valence-corrected chi connectivity index (χ2v) is 8.63. The molecule has 0 radical (unpaired) electrons. The van der Waals surface area contributed by atoms with Crippen LogP contribution in [0.4, 0.5) is 0 Å². The first-order valence-corrected chi connectivity index (χ1v) is 12.1. The summed E-state index contributed by atoms with van der Waals surface area (Å²) in [6.07, 6.45) is 0. The highest BCUT2D eigenvalue weighted by Crippen LogP contribution is 2.29. The third-order valence-electron chi connectivity index (χ3n) is 5.30. The van der Waals surface area contributed by atoms with E-state index in [2.05, 4.69) is 17.4 Å². The van der Waals surface area contributed by atoms with Crippen LogP contribution in [0.25, 0.3) is 0 Å². The van der Waals surface area contributed by atoms with Crippen LogP contribution in [0.3, 0.4) is 0 Å². The molecule has 3 nitrogen and oxygen atoms in total. The number of rotatable bonds is 9. The van der Waals surface area contributed by atoms with Crippen molar-refractivity contribution in [1.82, 2.24) is 5.32 Å². The summed E-state index contributed by atoms with van der Waals surface area (Å²) in [5, 5.41) is 3.23. The first-order chi connectivity index (χ1) is 16.2. The Labute approximate surface area is 199 Å². The normalized spacial score (nSPS) is 10.7. The lowest BCUT2D eigenvalue weighted by molar-refractivity contribution is 0.0943. The maximum absolute atomic E-state index is 13.3. The van der Waals surface area contributed by atoms with Crippen molar-refractivity contribution in [2.45, 2.75) is 23.6 Å². The van der Waals surface area contributed by atoms with Gasteiger partial charge in [-0.25, -0.2) is 0 Å². The topological polar surface area (TPSA) is 38.3 Å². The molecule has 33 heavy (non-hydrogen) atoms. The van der Waals surface area contributed by atoms with Crippen LogP contribution in [0.2, 0.25) is 0 Å². The van der Waals surface area contributed by atoms with Gasteiger partial charge in [0.25, 0.3) is 5.91 Å². The number of carbonyl (C=O) groups is 1. The van der Waals surface area contributed by atoms with Crippen LogP contribution in [-0.2, 0) is 5.75 Å². The van der Waals surface area contributed by atoms with Crippen molar-refractivity contribution in [2.75, 3.05) is 6.61 Å². The minimum Gasteiger partial charge on any atom is -0.494 e. The van der Waals surface area contributed by atoms with Gasteiger partial charge in [-0.3, -0.25) is 4.79 Å². The molecule has 0 heterocycles. The van der Waals surface area contributed by atoms with Gasteiger partial charge >= 0.3 is 0 Å². The van der Waals surface area contributed by atoms with Gasteiger partial charge in [0.2, 0.25) is 0 Å². The number of benzene rings is 4. The summed E-state index contributed by atoms with van der Waals surface area (Å²) in [5.74, 6) is 1.43. The highest BCUT2D eigenvalue weighted by atomic mass is 32.2. The average molecular weight is 454 g/mol. The van der Waals surface area contributed by atoms with Crippen LogP contribution in [0, 0.1) is 0 Å². The number of nitrogens with one attached hydrogen (secondary N) is 1. The van der Waals surface area contributed by atoms with Crippen molar-refractivity contribution in [1.29, 1.82) is 0 Å². The molecule has 4 heteroatoms. The van der Waals surface area contributed by atoms with E-state index in [0.717, 1.165) is 28.2 Å². The van der Waals surface area contributed by atoms with E-state index < -0.39 is 0 Å². The summed E-state index contributed by atoms with van der Waals surface area (Å²) in [4.78, 5) is 14.5. The highest BCUT2D eigenvalue weighted by Gasteiger charge is 2.19. The molecule has 0 aliphatic heterocycles. The van der Waals surface area contributed by atoms with Gasteiger partial charge in [-0.05, 0) is 48.4 Å². The number of ether oxygens (including phenoxy) is 1. The molecular weight excluding hydrogens is 426 g/mol. The third-order valence-corrected chi connectivity index (χ3v) is 6.36. The van der Waals surface area contributed by atoms with Crippen LogP contribution >= 0.6 is 11.8 Å². The molecule has 0 saturated heterocycles. The van der Waals surface area contributed by atoms with Gasteiger partial charge in [0, 0.05) is 21.8 Å². The Kier molecular flexibility index (Phi) is 7.83. The van der Waals surface area contributed by atoms with Crippen molar-refractivity contribution >= 4 is 17.7 Å². The van der Waals surface area contributed by atoms with Crippen molar-refractivity contribution in [3.63, 3.8) is 0 Å². The molecule has 4 aromatic carbocycles. The molecule has 4 aromatic rings. The molecule has 1 N–H and O–H groups in total. The van der Waals surface area contributed by atoms with Crippen molar-refractivity contribution in [3.05, 3.63) is 131 Å². The molecule has 0 spiro atoms. The Bertz CT molecular complexity index is 1120. The zero-order valence-electron chi connectivity index (χ0n) is 18.6. The van der Waals surface area contributed by atoms with Gasteiger partial charge in [0.1, 0.15) is 5.75 Å². The summed E-state index contributed by atoms with van der Waals surface area (Å²) in [6.45, 7) is 2.55. The molecule has 0 aromatic heterocycles. The zero-order chi connectivity index (χ0) is 22.9. The van der Waals surface area contributed by atoms with E-state index in [1.807, 2.05) is 104 Å². The minimum atomic E-state index is -0.228. The van der Waals surface area contributed by atoms with E-state index in [1.165, 1.54) is 4.90 Å². The summed E-state index contributed by atoms with van der Waals surface area (Å²) < 4.78 is 5.83. The molecular formula is C29H27NO2S. The Morgan fingerprint density at radius 2 is 1.39 bits per heavy atom. The van der Waals surface area contributed by atoms with E-state index in [9.17, 15) is 4.79 Å². The van der Waals surface area contributed by atoms with Crippen LogP contribution in [0.5, 0.6) is 5.75 Å². The number of carbonyl (C=O) groups excluding carboxylic acids is 1. The van der Waals surface area contributed by atoms with Crippen molar-refractivity contribution in [3.8, 4) is 5.75 Å². The molecule has 1 amide bonds. The van der Waals surface area contributed by atoms with Gasteiger partial charge in [-0.2, -0.15) is 0 Å². The predicted molar refractivity (Wildman–Crippen MR) is 136 cm³/mol. The van der Waals surface area contributed by atoms with Crippen molar-refractivity contribution in [2.24, 2.45) is 0 Å². The average Bonchev–Trinajstić information content (AvgIpc) is 2.88. The maximum atomic E-state index is 13.3. The van der Waals surface area contributed by atoms with E-state index >= 15 is 0 Å². The van der Waals surface area contributed by atoms with E-state index in [1.54, 1.807) is 11.8 Å². The van der Waals surface area contributed by atoms with Gasteiger partial charge in [0.15, 0.2) is 0 Å². The number of hydrogen-bond donors (Lipinski definition) is 1. The molecule has 0 unspecified atom stereocenters. The van der Waals surface area contributed by atoms with E-state index in [0.29, 0.717) is 12.2 Å². The highest BCUT2D eigenvalue weighted by molar-refractivity contribution is 7.98. The number of thioether (sulfide) groups is 1. The quantitative estimate of drug-likeness (QED) is 0.280. The Hall–Kier alpha value is -3.50. The lowest BCUT2D eigenvalue weighted by Crippen LogP contribution is -2.29. The SMILES string of the molecule is CCOc1ccc(C(=O)NC(c2ccccc2)c2ccccc2)cc1CSc1ccccc1. The van der Waals surface area contributed by atoms with Gasteiger partial charge in [-0.15, -0.1) is 11.8 Å². The summed E-state index contributed by atoms with van der Waals surface area (Å²) in [6, 6.07) is 35.8. The predicted octanol–water partition coefficient (Wildman–Crippen LogP) is 6.90. The molecule has 166 valence electrons. The van der Waals surface area contributed by atoms with Crippen LogP contribution in [0.15, 0.2) is 114 Å². The van der Waals surface area contributed by atoms with Crippen LogP contribution in [-0.4, -0.2) is 12.5 Å². The second-order valence-electron chi connectivity index (χ2n) is 7.59. The lowest BCUT2D eigenvalue weighted by Gasteiger charge is -2.20. The third kappa shape index (κ3) is 6.05. The van der Waals surface area contributed by atoms with Gasteiger partial charge < -0.3 is 10.1 Å². The number of amides is 1. The smallest absolute Gasteiger partial charge is 0.252 e. The molecule has 0 aliphatic carbocycles. The van der Waals surface area contributed by atoms with Crippen molar-refractivity contribution < 1.29 is 9.53 Å². The largest absolute Gasteiger partial charge is 0.494 e. The first-order valence-electron chi connectivity index (χ1n) is 11.1. The van der Waals surface area contributed by atoms with Crippen LogP contribution in [0.1, 0.15) is 40.0 Å². The van der Waals surface area contributed by atoms with Crippen LogP contribution < -0.4 is 10.1 Å². The lowest BCUT2D eigenvalue weighted by atomic mass is 9.98. The molecule has 0 aliphatic rings. The molecule has 0 saturated carbocycles.